The lowest BCUT2D eigenvalue weighted by Gasteiger charge is -2.26. The minimum absolute atomic E-state index is 1.10. The van der Waals surface area contributed by atoms with Crippen molar-refractivity contribution in [1.82, 2.24) is 0 Å². The fourth-order valence-electron chi connectivity index (χ4n) is 7.75. The van der Waals surface area contributed by atoms with Crippen LogP contribution in [0, 0.1) is 0 Å². The normalized spacial score (nSPS) is 11.7. The molecule has 0 aliphatic carbocycles. The molecular weight excluding hydrogens is 685 g/mol. The number of hydrogen-bond acceptors (Lipinski definition) is 3. The van der Waals surface area contributed by atoms with Crippen molar-refractivity contribution in [2.24, 2.45) is 0 Å². The minimum atomic E-state index is 1.10. The minimum Gasteiger partial charge on any atom is -0.354 e. The highest BCUT2D eigenvalue weighted by atomic mass is 32.2. The molecule has 0 radical (unpaired) electrons. The average Bonchev–Trinajstić information content (AvgIpc) is 3.31. The third-order valence-corrected chi connectivity index (χ3v) is 11.6. The van der Waals surface area contributed by atoms with Crippen molar-refractivity contribution < 1.29 is 0 Å². The predicted octanol–water partition coefficient (Wildman–Crippen LogP) is 15.2. The number of para-hydroxylation sites is 2. The molecule has 260 valence electrons. The Balaban J connectivity index is 1.11. The summed E-state index contributed by atoms with van der Waals surface area (Å²) in [7, 11) is 0. The van der Waals surface area contributed by atoms with Crippen LogP contribution < -0.4 is 10.2 Å². The van der Waals surface area contributed by atoms with Crippen LogP contribution in [0.1, 0.15) is 0 Å². The van der Waals surface area contributed by atoms with Crippen molar-refractivity contribution >= 4 is 51.0 Å². The Morgan fingerprint density at radius 2 is 0.873 bits per heavy atom. The summed E-state index contributed by atoms with van der Waals surface area (Å²) in [5.74, 6) is 0. The van der Waals surface area contributed by atoms with Crippen molar-refractivity contribution in [2.45, 2.75) is 9.79 Å². The van der Waals surface area contributed by atoms with Crippen LogP contribution in [-0.2, 0) is 0 Å². The van der Waals surface area contributed by atoms with Crippen LogP contribution in [-0.4, -0.2) is 0 Å². The van der Waals surface area contributed by atoms with Gasteiger partial charge in [-0.3, -0.25) is 0 Å². The molecule has 9 aromatic rings. The molecule has 1 N–H and O–H groups in total. The van der Waals surface area contributed by atoms with Gasteiger partial charge in [-0.05, 0) is 117 Å². The number of anilines is 5. The highest BCUT2D eigenvalue weighted by Gasteiger charge is 2.20. The smallest absolute Gasteiger partial charge is 0.0526 e. The number of benzene rings is 9. The first-order chi connectivity index (χ1) is 27.2. The summed E-state index contributed by atoms with van der Waals surface area (Å²) in [5, 5.41) is 6.28. The second-order valence-corrected chi connectivity index (χ2v) is 14.9. The molecule has 0 amide bonds. The molecule has 1 aliphatic heterocycles. The highest BCUT2D eigenvalue weighted by molar-refractivity contribution is 7.99. The third-order valence-electron chi connectivity index (χ3n) is 10.4. The van der Waals surface area contributed by atoms with Crippen LogP contribution in [0.4, 0.5) is 28.4 Å². The second kappa shape index (κ2) is 14.2. The number of fused-ring (bicyclic) bond motifs is 3. The molecule has 0 aromatic heterocycles. The monoisotopic (exact) mass is 720 g/mol. The van der Waals surface area contributed by atoms with E-state index in [1.807, 2.05) is 11.8 Å². The van der Waals surface area contributed by atoms with Crippen LogP contribution in [0.25, 0.3) is 55.3 Å². The molecule has 9 aromatic carbocycles. The highest BCUT2D eigenvalue weighted by Crippen LogP contribution is 2.47. The maximum atomic E-state index is 3.78. The van der Waals surface area contributed by atoms with E-state index in [4.69, 9.17) is 0 Å². The fraction of sp³-hybridized carbons (Fsp3) is 0. The van der Waals surface area contributed by atoms with Crippen molar-refractivity contribution in [3.05, 3.63) is 212 Å². The van der Waals surface area contributed by atoms with Crippen molar-refractivity contribution in [1.29, 1.82) is 0 Å². The standard InChI is InChI=1S/C52H36N2S/c1-3-13-36(14-4-1)38-25-29-43(30-26-38)54(44-31-27-39(28-32-44)37-15-5-2-6-16-37)45-19-11-17-40(34-45)42-33-41-18-12-24-51-52(41)47(35-42)46-20-7-8-21-48(46)53-49-22-9-10-23-50(49)55-51/h1-35,53H. The van der Waals surface area contributed by atoms with Crippen LogP contribution in [0.2, 0.25) is 0 Å². The van der Waals surface area contributed by atoms with Gasteiger partial charge in [0.2, 0.25) is 0 Å². The van der Waals surface area contributed by atoms with Crippen LogP contribution in [0.5, 0.6) is 0 Å². The lowest BCUT2D eigenvalue weighted by atomic mass is 9.92. The maximum absolute atomic E-state index is 3.78. The van der Waals surface area contributed by atoms with E-state index in [2.05, 4.69) is 223 Å². The largest absolute Gasteiger partial charge is 0.354 e. The zero-order valence-corrected chi connectivity index (χ0v) is 30.9. The summed E-state index contributed by atoms with van der Waals surface area (Å²) in [6.45, 7) is 0. The molecule has 0 fully saturated rings. The van der Waals surface area contributed by atoms with E-state index >= 15 is 0 Å². The summed E-state index contributed by atoms with van der Waals surface area (Å²) < 4.78 is 0. The van der Waals surface area contributed by atoms with Gasteiger partial charge in [-0.15, -0.1) is 0 Å². The average molecular weight is 721 g/mol. The molecule has 0 saturated carbocycles. The molecule has 1 aliphatic rings. The first-order valence-corrected chi connectivity index (χ1v) is 19.5. The van der Waals surface area contributed by atoms with E-state index in [9.17, 15) is 0 Å². The van der Waals surface area contributed by atoms with Gasteiger partial charge in [-0.25, -0.2) is 0 Å². The Morgan fingerprint density at radius 1 is 0.327 bits per heavy atom. The third kappa shape index (κ3) is 6.35. The molecule has 0 unspecified atom stereocenters. The molecule has 10 rings (SSSR count). The van der Waals surface area contributed by atoms with Crippen molar-refractivity contribution in [3.63, 3.8) is 0 Å². The SMILES string of the molecule is c1ccc(-c2ccc(N(c3ccc(-c4ccccc4)cc3)c3cccc(-c4cc5c6c(cccc6c4)Sc4ccccc4Nc4ccccc4-5)c3)cc2)cc1. The van der Waals surface area contributed by atoms with Gasteiger partial charge in [0.1, 0.15) is 0 Å². The summed E-state index contributed by atoms with van der Waals surface area (Å²) in [6, 6.07) is 76.7. The zero-order chi connectivity index (χ0) is 36.6. The molecule has 0 atom stereocenters. The predicted molar refractivity (Wildman–Crippen MR) is 234 cm³/mol. The molecule has 55 heavy (non-hydrogen) atoms. The van der Waals surface area contributed by atoms with E-state index in [0.29, 0.717) is 0 Å². The van der Waals surface area contributed by atoms with Gasteiger partial charge in [0.15, 0.2) is 0 Å². The van der Waals surface area contributed by atoms with Gasteiger partial charge in [-0.2, -0.15) is 0 Å². The fourth-order valence-corrected chi connectivity index (χ4v) is 8.83. The van der Waals surface area contributed by atoms with Gasteiger partial charge in [0, 0.05) is 43.5 Å². The molecule has 0 saturated heterocycles. The summed E-state index contributed by atoms with van der Waals surface area (Å²) in [4.78, 5) is 4.83. The van der Waals surface area contributed by atoms with Gasteiger partial charge >= 0.3 is 0 Å². The molecule has 0 bridgehead atoms. The molecule has 0 spiro atoms. The summed E-state index contributed by atoms with van der Waals surface area (Å²) in [6.07, 6.45) is 0. The molecule has 1 heterocycles. The Labute approximate surface area is 326 Å². The summed E-state index contributed by atoms with van der Waals surface area (Å²) >= 11 is 1.83. The van der Waals surface area contributed by atoms with Crippen LogP contribution in [0.3, 0.4) is 0 Å². The Kier molecular flexibility index (Phi) is 8.47. The molecule has 3 heteroatoms. The number of rotatable bonds is 6. The van der Waals surface area contributed by atoms with Crippen molar-refractivity contribution in [2.75, 3.05) is 10.2 Å². The Bertz CT molecular complexity index is 2710. The summed E-state index contributed by atoms with van der Waals surface area (Å²) in [5.41, 5.74) is 15.1. The van der Waals surface area contributed by atoms with Crippen LogP contribution >= 0.6 is 11.8 Å². The Hall–Kier alpha value is -6.81. The van der Waals surface area contributed by atoms with Gasteiger partial charge in [0.05, 0.1) is 5.69 Å². The topological polar surface area (TPSA) is 15.3 Å². The first-order valence-electron chi connectivity index (χ1n) is 18.7. The van der Waals surface area contributed by atoms with E-state index < -0.39 is 0 Å². The second-order valence-electron chi connectivity index (χ2n) is 13.9. The number of hydrogen-bond donors (Lipinski definition) is 1. The van der Waals surface area contributed by atoms with E-state index in [0.717, 1.165) is 34.0 Å². The van der Waals surface area contributed by atoms with E-state index in [-0.39, 0.29) is 0 Å². The lowest BCUT2D eigenvalue weighted by molar-refractivity contribution is 1.28. The first kappa shape index (κ1) is 32.8. The molecular formula is C52H36N2S. The van der Waals surface area contributed by atoms with E-state index in [1.54, 1.807) is 0 Å². The van der Waals surface area contributed by atoms with Crippen LogP contribution in [0.15, 0.2) is 222 Å². The quantitative estimate of drug-likeness (QED) is 0.184. The molecule has 2 nitrogen and oxygen atoms in total. The Morgan fingerprint density at radius 3 is 1.56 bits per heavy atom. The van der Waals surface area contributed by atoms with Crippen molar-refractivity contribution in [3.8, 4) is 44.5 Å². The lowest BCUT2D eigenvalue weighted by Crippen LogP contribution is -2.10. The van der Waals surface area contributed by atoms with Gasteiger partial charge < -0.3 is 10.2 Å². The number of nitrogens with one attached hydrogen (secondary N) is 1. The van der Waals surface area contributed by atoms with E-state index in [1.165, 1.54) is 59.5 Å². The maximum Gasteiger partial charge on any atom is 0.0526 e. The van der Waals surface area contributed by atoms with Gasteiger partial charge in [0.25, 0.3) is 0 Å². The zero-order valence-electron chi connectivity index (χ0n) is 30.1. The number of nitrogens with zero attached hydrogens (tertiary/aromatic N) is 1. The van der Waals surface area contributed by atoms with Gasteiger partial charge in [-0.1, -0.05) is 151 Å².